The van der Waals surface area contributed by atoms with Crippen molar-refractivity contribution in [1.82, 2.24) is 14.5 Å². The van der Waals surface area contributed by atoms with Gasteiger partial charge < -0.3 is 4.57 Å². The molecule has 2 rings (SSSR count). The Balaban J connectivity index is 1.80. The molecular formula is C13H23N3OS. The highest BCUT2D eigenvalue weighted by Gasteiger charge is 2.29. The van der Waals surface area contributed by atoms with Crippen molar-refractivity contribution in [3.8, 4) is 0 Å². The Bertz CT molecular complexity index is 418. The van der Waals surface area contributed by atoms with Crippen molar-refractivity contribution < 1.29 is 4.21 Å². The van der Waals surface area contributed by atoms with Gasteiger partial charge in [0.15, 0.2) is 0 Å². The summed E-state index contributed by atoms with van der Waals surface area (Å²) in [7, 11) is -0.631. The van der Waals surface area contributed by atoms with Gasteiger partial charge in [-0.15, -0.1) is 0 Å². The summed E-state index contributed by atoms with van der Waals surface area (Å²) in [5, 5.41) is 0.300. The summed E-state index contributed by atoms with van der Waals surface area (Å²) >= 11 is 0. The Morgan fingerprint density at radius 2 is 2.22 bits per heavy atom. The zero-order chi connectivity index (χ0) is 13.1. The molecule has 0 unspecified atom stereocenters. The van der Waals surface area contributed by atoms with Gasteiger partial charge in [-0.2, -0.15) is 0 Å². The summed E-state index contributed by atoms with van der Waals surface area (Å²) in [6, 6.07) is 0.434. The molecule has 1 fully saturated rings. The van der Waals surface area contributed by atoms with E-state index >= 15 is 0 Å². The maximum absolute atomic E-state index is 11.7. The lowest BCUT2D eigenvalue weighted by Gasteiger charge is -2.37. The van der Waals surface area contributed by atoms with E-state index in [0.717, 1.165) is 37.6 Å². The second-order valence-corrected chi connectivity index (χ2v) is 7.00. The molecular weight excluding hydrogens is 246 g/mol. The summed E-state index contributed by atoms with van der Waals surface area (Å²) < 4.78 is 13.9. The fourth-order valence-electron chi connectivity index (χ4n) is 2.51. The molecule has 0 radical (unpaired) electrons. The lowest BCUT2D eigenvalue weighted by molar-refractivity contribution is 0.204. The largest absolute Gasteiger partial charge is 0.335 e. The van der Waals surface area contributed by atoms with Crippen molar-refractivity contribution >= 4 is 10.8 Å². The predicted octanol–water partition coefficient (Wildman–Crippen LogP) is 1.42. The van der Waals surface area contributed by atoms with Crippen LogP contribution in [0.1, 0.15) is 26.1 Å². The summed E-state index contributed by atoms with van der Waals surface area (Å²) in [6.45, 7) is 9.42. The number of aromatic nitrogens is 2. The third kappa shape index (κ3) is 3.01. The molecule has 0 saturated carbocycles. The van der Waals surface area contributed by atoms with Gasteiger partial charge in [-0.25, -0.2) is 4.98 Å². The van der Waals surface area contributed by atoms with Crippen LogP contribution >= 0.6 is 0 Å². The first-order valence-corrected chi connectivity index (χ1v) is 8.06. The van der Waals surface area contributed by atoms with E-state index in [9.17, 15) is 4.21 Å². The molecule has 1 aliphatic heterocycles. The van der Waals surface area contributed by atoms with Crippen molar-refractivity contribution in [2.45, 2.75) is 45.0 Å². The average molecular weight is 269 g/mol. The second kappa shape index (κ2) is 5.97. The van der Waals surface area contributed by atoms with E-state index in [2.05, 4.69) is 28.3 Å². The zero-order valence-corrected chi connectivity index (χ0v) is 12.3. The fraction of sp³-hybridized carbons (Fsp3) is 0.769. The number of hydrogen-bond donors (Lipinski definition) is 0. The first kappa shape index (κ1) is 13.7. The summed E-state index contributed by atoms with van der Waals surface area (Å²) in [4.78, 5) is 6.70. The van der Waals surface area contributed by atoms with Gasteiger partial charge in [-0.3, -0.25) is 9.11 Å². The predicted molar refractivity (Wildman–Crippen MR) is 75.1 cm³/mol. The lowest BCUT2D eigenvalue weighted by Crippen LogP contribution is -2.50. The molecule has 4 nitrogen and oxygen atoms in total. The minimum Gasteiger partial charge on any atom is -0.335 e. The van der Waals surface area contributed by atoms with Crippen LogP contribution in [0, 0.1) is 6.92 Å². The fourth-order valence-corrected chi connectivity index (χ4v) is 3.91. The minimum absolute atomic E-state index is 0.300. The smallest absolute Gasteiger partial charge is 0.105 e. The molecule has 0 spiro atoms. The highest BCUT2D eigenvalue weighted by atomic mass is 32.2. The number of hydrogen-bond acceptors (Lipinski definition) is 3. The molecule has 5 heteroatoms. The van der Waals surface area contributed by atoms with Crippen LogP contribution in [0.15, 0.2) is 12.4 Å². The van der Waals surface area contributed by atoms with E-state index in [1.807, 2.05) is 19.3 Å². The van der Waals surface area contributed by atoms with Gasteiger partial charge in [0.2, 0.25) is 0 Å². The van der Waals surface area contributed by atoms with E-state index in [1.165, 1.54) is 0 Å². The molecule has 0 bridgehead atoms. The quantitative estimate of drug-likeness (QED) is 0.830. The van der Waals surface area contributed by atoms with Crippen molar-refractivity contribution in [1.29, 1.82) is 0 Å². The molecule has 0 aliphatic carbocycles. The van der Waals surface area contributed by atoms with Crippen LogP contribution in [0.25, 0.3) is 0 Å². The number of imidazole rings is 1. The van der Waals surface area contributed by atoms with Gasteiger partial charge in [0.25, 0.3) is 0 Å². The highest BCUT2D eigenvalue weighted by Crippen LogP contribution is 2.16. The number of rotatable bonds is 4. The SMILES string of the molecule is Cc1nccn1CCCN1CC[S@](=O)[C@@H](C)[C@H]1C. The van der Waals surface area contributed by atoms with Crippen LogP contribution in [0.3, 0.4) is 0 Å². The highest BCUT2D eigenvalue weighted by molar-refractivity contribution is 7.85. The molecule has 2 heterocycles. The van der Waals surface area contributed by atoms with E-state index in [4.69, 9.17) is 0 Å². The van der Waals surface area contributed by atoms with Crippen molar-refractivity contribution in [3.05, 3.63) is 18.2 Å². The van der Waals surface area contributed by atoms with E-state index in [1.54, 1.807) is 0 Å². The third-order valence-electron chi connectivity index (χ3n) is 4.02. The number of nitrogens with zero attached hydrogens (tertiary/aromatic N) is 3. The average Bonchev–Trinajstić information content (AvgIpc) is 2.75. The summed E-state index contributed by atoms with van der Waals surface area (Å²) in [6.07, 6.45) is 5.01. The Morgan fingerprint density at radius 3 is 2.89 bits per heavy atom. The molecule has 18 heavy (non-hydrogen) atoms. The van der Waals surface area contributed by atoms with Crippen LogP contribution in [-0.2, 0) is 17.3 Å². The molecule has 0 N–H and O–H groups in total. The molecule has 1 aromatic rings. The third-order valence-corrected chi connectivity index (χ3v) is 5.83. The van der Waals surface area contributed by atoms with E-state index in [-0.39, 0.29) is 0 Å². The Kier molecular flexibility index (Phi) is 4.56. The van der Waals surface area contributed by atoms with Crippen LogP contribution < -0.4 is 0 Å². The van der Waals surface area contributed by atoms with Gasteiger partial charge in [0, 0.05) is 59.9 Å². The summed E-state index contributed by atoms with van der Waals surface area (Å²) in [5.41, 5.74) is 0. The Hall–Kier alpha value is -0.680. The first-order chi connectivity index (χ1) is 8.59. The molecule has 1 aromatic heterocycles. The second-order valence-electron chi connectivity index (χ2n) is 5.09. The van der Waals surface area contributed by atoms with Gasteiger partial charge in [0.1, 0.15) is 5.82 Å². The normalized spacial score (nSPS) is 29.6. The van der Waals surface area contributed by atoms with Crippen LogP contribution in [-0.4, -0.2) is 48.8 Å². The number of aryl methyl sites for hydroxylation is 2. The standard InChI is InChI=1S/C13H23N3OS/c1-11-12(2)18(17)10-9-15(11)6-4-7-16-8-5-14-13(16)3/h5,8,11-12H,4,6-7,9-10H2,1-3H3/t11-,12+,18+/m1/s1. The Labute approximate surface area is 112 Å². The molecule has 0 amide bonds. The summed E-state index contributed by atoms with van der Waals surface area (Å²) in [5.74, 6) is 1.91. The van der Waals surface area contributed by atoms with Crippen molar-refractivity contribution in [2.24, 2.45) is 0 Å². The van der Waals surface area contributed by atoms with Gasteiger partial charge in [-0.05, 0) is 27.2 Å². The molecule has 1 saturated heterocycles. The van der Waals surface area contributed by atoms with Gasteiger partial charge in [-0.1, -0.05) is 0 Å². The van der Waals surface area contributed by atoms with E-state index < -0.39 is 10.8 Å². The van der Waals surface area contributed by atoms with Gasteiger partial charge >= 0.3 is 0 Å². The first-order valence-electron chi connectivity index (χ1n) is 6.68. The zero-order valence-electron chi connectivity index (χ0n) is 11.5. The van der Waals surface area contributed by atoms with Crippen molar-refractivity contribution in [3.63, 3.8) is 0 Å². The van der Waals surface area contributed by atoms with Crippen LogP contribution in [0.2, 0.25) is 0 Å². The molecule has 3 atom stereocenters. The molecule has 1 aliphatic rings. The maximum atomic E-state index is 11.7. The minimum atomic E-state index is -0.631. The van der Waals surface area contributed by atoms with Gasteiger partial charge in [0.05, 0.1) is 0 Å². The topological polar surface area (TPSA) is 38.1 Å². The van der Waals surface area contributed by atoms with Crippen LogP contribution in [0.4, 0.5) is 0 Å². The molecule has 0 aromatic carbocycles. The maximum Gasteiger partial charge on any atom is 0.105 e. The Morgan fingerprint density at radius 1 is 1.44 bits per heavy atom. The lowest BCUT2D eigenvalue weighted by atomic mass is 10.2. The van der Waals surface area contributed by atoms with Crippen molar-refractivity contribution in [2.75, 3.05) is 18.8 Å². The van der Waals surface area contributed by atoms with Crippen LogP contribution in [0.5, 0.6) is 0 Å². The monoisotopic (exact) mass is 269 g/mol. The molecule has 102 valence electrons. The van der Waals surface area contributed by atoms with E-state index in [0.29, 0.717) is 11.3 Å².